The standard InChI is InChI=1S/C14H15ClN2OS/c1-9(2)13(10-3-5-11(15)6-4-10)17-14(18)12-7-19-8-16-12/h3-9,13H,1-2H3,(H,17,18). The summed E-state index contributed by atoms with van der Waals surface area (Å²) in [5.74, 6) is 0.138. The molecule has 19 heavy (non-hydrogen) atoms. The van der Waals surface area contributed by atoms with Gasteiger partial charge < -0.3 is 5.32 Å². The number of hydrogen-bond acceptors (Lipinski definition) is 3. The number of rotatable bonds is 4. The molecule has 2 aromatic rings. The Balaban J connectivity index is 2.17. The Morgan fingerprint density at radius 1 is 1.32 bits per heavy atom. The Morgan fingerprint density at radius 3 is 2.53 bits per heavy atom. The van der Waals surface area contributed by atoms with E-state index in [4.69, 9.17) is 11.6 Å². The van der Waals surface area contributed by atoms with E-state index in [1.165, 1.54) is 11.3 Å². The van der Waals surface area contributed by atoms with Crippen LogP contribution in [0.5, 0.6) is 0 Å². The van der Waals surface area contributed by atoms with Crippen LogP contribution in [0.25, 0.3) is 0 Å². The Labute approximate surface area is 121 Å². The number of carbonyl (C=O) groups excluding carboxylic acids is 1. The second kappa shape index (κ2) is 6.17. The van der Waals surface area contributed by atoms with Crippen molar-refractivity contribution >= 4 is 28.8 Å². The molecule has 0 aliphatic heterocycles. The van der Waals surface area contributed by atoms with Gasteiger partial charge in [0.1, 0.15) is 5.69 Å². The van der Waals surface area contributed by atoms with Crippen molar-refractivity contribution in [1.29, 1.82) is 0 Å². The van der Waals surface area contributed by atoms with Gasteiger partial charge in [-0.3, -0.25) is 4.79 Å². The second-order valence-corrected chi connectivity index (χ2v) is 5.78. The van der Waals surface area contributed by atoms with Gasteiger partial charge in [-0.25, -0.2) is 4.98 Å². The van der Waals surface area contributed by atoms with Gasteiger partial charge in [0.25, 0.3) is 5.91 Å². The van der Waals surface area contributed by atoms with Crippen molar-refractivity contribution in [1.82, 2.24) is 10.3 Å². The number of nitrogens with one attached hydrogen (secondary N) is 1. The first-order valence-electron chi connectivity index (χ1n) is 6.02. The van der Waals surface area contributed by atoms with Gasteiger partial charge >= 0.3 is 0 Å². The van der Waals surface area contributed by atoms with Gasteiger partial charge in [-0.1, -0.05) is 37.6 Å². The molecule has 0 radical (unpaired) electrons. The van der Waals surface area contributed by atoms with Crippen molar-refractivity contribution in [2.45, 2.75) is 19.9 Å². The maximum atomic E-state index is 12.1. The predicted octanol–water partition coefficient (Wildman–Crippen LogP) is 3.92. The zero-order valence-electron chi connectivity index (χ0n) is 10.8. The molecule has 0 fully saturated rings. The lowest BCUT2D eigenvalue weighted by atomic mass is 9.96. The first kappa shape index (κ1) is 14.0. The molecule has 1 aromatic heterocycles. The summed E-state index contributed by atoms with van der Waals surface area (Å²) in [5.41, 5.74) is 3.16. The molecule has 100 valence electrons. The zero-order valence-corrected chi connectivity index (χ0v) is 12.3. The van der Waals surface area contributed by atoms with Crippen molar-refractivity contribution in [2.75, 3.05) is 0 Å². The Bertz CT molecular complexity index is 537. The molecule has 0 saturated heterocycles. The third-order valence-electron chi connectivity index (χ3n) is 2.85. The first-order chi connectivity index (χ1) is 9.08. The SMILES string of the molecule is CC(C)C(NC(=O)c1cscn1)c1ccc(Cl)cc1. The lowest BCUT2D eigenvalue weighted by Crippen LogP contribution is -2.31. The Hall–Kier alpha value is -1.39. The van der Waals surface area contributed by atoms with E-state index in [2.05, 4.69) is 24.1 Å². The summed E-state index contributed by atoms with van der Waals surface area (Å²) < 4.78 is 0. The average Bonchev–Trinajstić information content (AvgIpc) is 2.90. The number of thiazole rings is 1. The summed E-state index contributed by atoms with van der Waals surface area (Å²) in [7, 11) is 0. The highest BCUT2D eigenvalue weighted by atomic mass is 35.5. The minimum absolute atomic E-state index is 0.0496. The molecular weight excluding hydrogens is 280 g/mol. The molecule has 0 saturated carbocycles. The van der Waals surface area contributed by atoms with Crippen LogP contribution < -0.4 is 5.32 Å². The van der Waals surface area contributed by atoms with Crippen molar-refractivity contribution in [3.05, 3.63) is 51.4 Å². The summed E-state index contributed by atoms with van der Waals surface area (Å²) in [6.07, 6.45) is 0. The van der Waals surface area contributed by atoms with Crippen LogP contribution in [0.4, 0.5) is 0 Å². The van der Waals surface area contributed by atoms with Gasteiger partial charge in [0, 0.05) is 10.4 Å². The molecule has 0 aliphatic rings. The number of hydrogen-bond donors (Lipinski definition) is 1. The van der Waals surface area contributed by atoms with Gasteiger partial charge in [0.2, 0.25) is 0 Å². The maximum absolute atomic E-state index is 12.1. The van der Waals surface area contributed by atoms with Crippen LogP contribution in [0.1, 0.15) is 35.9 Å². The smallest absolute Gasteiger partial charge is 0.271 e. The van der Waals surface area contributed by atoms with Crippen LogP contribution in [0.15, 0.2) is 35.2 Å². The zero-order chi connectivity index (χ0) is 13.8. The highest BCUT2D eigenvalue weighted by Crippen LogP contribution is 2.23. The molecule has 0 bridgehead atoms. The molecule has 5 heteroatoms. The van der Waals surface area contributed by atoms with E-state index in [1.54, 1.807) is 10.9 Å². The van der Waals surface area contributed by atoms with Crippen molar-refractivity contribution < 1.29 is 4.79 Å². The van der Waals surface area contributed by atoms with E-state index >= 15 is 0 Å². The molecule has 1 aromatic carbocycles. The Kier molecular flexibility index (Phi) is 4.56. The maximum Gasteiger partial charge on any atom is 0.271 e. The van der Waals surface area contributed by atoms with Crippen LogP contribution >= 0.6 is 22.9 Å². The van der Waals surface area contributed by atoms with E-state index in [0.29, 0.717) is 10.7 Å². The summed E-state index contributed by atoms with van der Waals surface area (Å²) in [5, 5.41) is 5.45. The van der Waals surface area contributed by atoms with Crippen molar-refractivity contribution in [3.8, 4) is 0 Å². The minimum Gasteiger partial charge on any atom is -0.344 e. The van der Waals surface area contributed by atoms with E-state index in [9.17, 15) is 4.79 Å². The van der Waals surface area contributed by atoms with Gasteiger partial charge in [0.15, 0.2) is 0 Å². The fourth-order valence-corrected chi connectivity index (χ4v) is 2.50. The fraction of sp³-hybridized carbons (Fsp3) is 0.286. The summed E-state index contributed by atoms with van der Waals surface area (Å²) in [6, 6.07) is 7.50. The van der Waals surface area contributed by atoms with Crippen LogP contribution in [-0.2, 0) is 0 Å². The van der Waals surface area contributed by atoms with E-state index in [-0.39, 0.29) is 17.9 Å². The lowest BCUT2D eigenvalue weighted by Gasteiger charge is -2.22. The third kappa shape index (κ3) is 3.55. The highest BCUT2D eigenvalue weighted by molar-refractivity contribution is 7.07. The van der Waals surface area contributed by atoms with Crippen LogP contribution in [0.3, 0.4) is 0 Å². The molecule has 0 spiro atoms. The monoisotopic (exact) mass is 294 g/mol. The summed E-state index contributed by atoms with van der Waals surface area (Å²) in [4.78, 5) is 16.1. The van der Waals surface area contributed by atoms with Gasteiger partial charge in [-0.05, 0) is 23.6 Å². The molecule has 3 nitrogen and oxygen atoms in total. The van der Waals surface area contributed by atoms with E-state index < -0.39 is 0 Å². The molecule has 1 amide bonds. The summed E-state index contributed by atoms with van der Waals surface area (Å²) in [6.45, 7) is 4.14. The number of halogens is 1. The second-order valence-electron chi connectivity index (χ2n) is 4.62. The molecule has 1 unspecified atom stereocenters. The number of nitrogens with zero attached hydrogens (tertiary/aromatic N) is 1. The van der Waals surface area contributed by atoms with Gasteiger partial charge in [-0.2, -0.15) is 0 Å². The highest BCUT2D eigenvalue weighted by Gasteiger charge is 2.19. The molecule has 0 aliphatic carbocycles. The number of carbonyl (C=O) groups is 1. The van der Waals surface area contributed by atoms with Crippen LogP contribution in [0, 0.1) is 5.92 Å². The molecule has 2 rings (SSSR count). The first-order valence-corrected chi connectivity index (χ1v) is 7.34. The lowest BCUT2D eigenvalue weighted by molar-refractivity contribution is 0.0921. The third-order valence-corrected chi connectivity index (χ3v) is 3.69. The van der Waals surface area contributed by atoms with Crippen LogP contribution in [0.2, 0.25) is 5.02 Å². The van der Waals surface area contributed by atoms with E-state index in [0.717, 1.165) is 5.56 Å². The number of aromatic nitrogens is 1. The molecule has 1 N–H and O–H groups in total. The molecular formula is C14H15ClN2OS. The molecule has 1 heterocycles. The quantitative estimate of drug-likeness (QED) is 0.928. The molecule has 1 atom stereocenters. The fourth-order valence-electron chi connectivity index (χ4n) is 1.84. The Morgan fingerprint density at radius 2 is 2.00 bits per heavy atom. The largest absolute Gasteiger partial charge is 0.344 e. The average molecular weight is 295 g/mol. The van der Waals surface area contributed by atoms with Gasteiger partial charge in [-0.15, -0.1) is 11.3 Å². The topological polar surface area (TPSA) is 42.0 Å². The summed E-state index contributed by atoms with van der Waals surface area (Å²) >= 11 is 7.30. The number of benzene rings is 1. The van der Waals surface area contributed by atoms with Crippen molar-refractivity contribution in [3.63, 3.8) is 0 Å². The van der Waals surface area contributed by atoms with Crippen molar-refractivity contribution in [2.24, 2.45) is 5.92 Å². The van der Waals surface area contributed by atoms with Crippen LogP contribution in [-0.4, -0.2) is 10.9 Å². The minimum atomic E-state index is -0.144. The van der Waals surface area contributed by atoms with Gasteiger partial charge in [0.05, 0.1) is 11.6 Å². The van der Waals surface area contributed by atoms with E-state index in [1.807, 2.05) is 24.3 Å². The normalized spacial score (nSPS) is 12.4. The predicted molar refractivity (Wildman–Crippen MR) is 78.6 cm³/mol. The number of amides is 1.